The molecule has 0 aliphatic rings. The maximum Gasteiger partial charge on any atom is 0.634 e. The molecule has 0 radical (unpaired) electrons. The van der Waals surface area contributed by atoms with Gasteiger partial charge in [0.1, 0.15) is 0 Å². The van der Waals surface area contributed by atoms with Crippen LogP contribution in [0.25, 0.3) is 0 Å². The highest BCUT2D eigenvalue weighted by atomic mass is 16.6. The molecule has 5 nitrogen and oxygen atoms in total. The van der Waals surface area contributed by atoms with Gasteiger partial charge in [-0.25, -0.2) is 0 Å². The first-order chi connectivity index (χ1) is 8.16. The van der Waals surface area contributed by atoms with Gasteiger partial charge in [-0.05, 0) is 5.56 Å². The summed E-state index contributed by atoms with van der Waals surface area (Å²) in [5.74, 6) is 0. The predicted molar refractivity (Wildman–Crippen MR) is 62.8 cm³/mol. The van der Waals surface area contributed by atoms with Crippen LogP contribution < -0.4 is 0 Å². The zero-order valence-electron chi connectivity index (χ0n) is 9.39. The Morgan fingerprint density at radius 2 is 1.94 bits per heavy atom. The lowest BCUT2D eigenvalue weighted by molar-refractivity contribution is 0.143. The van der Waals surface area contributed by atoms with Crippen molar-refractivity contribution < 1.29 is 14.7 Å². The minimum absolute atomic E-state index is 0.537. The minimum atomic E-state index is -1.82. The van der Waals surface area contributed by atoms with E-state index in [1.807, 2.05) is 30.3 Å². The summed E-state index contributed by atoms with van der Waals surface area (Å²) in [6, 6.07) is 9.34. The fourth-order valence-corrected chi connectivity index (χ4v) is 1.67. The molecule has 2 aromatic rings. The van der Waals surface area contributed by atoms with Crippen molar-refractivity contribution in [2.75, 3.05) is 0 Å². The topological polar surface area (TPSA) is 67.5 Å². The highest BCUT2D eigenvalue weighted by Crippen LogP contribution is 2.25. The van der Waals surface area contributed by atoms with E-state index in [0.29, 0.717) is 0 Å². The smallest absolute Gasteiger partial charge is 0.402 e. The third-order valence-electron chi connectivity index (χ3n) is 2.39. The van der Waals surface area contributed by atoms with E-state index < -0.39 is 13.4 Å². The molecule has 0 saturated heterocycles. The van der Waals surface area contributed by atoms with Crippen LogP contribution in [0.15, 0.2) is 42.7 Å². The van der Waals surface area contributed by atoms with Gasteiger partial charge in [-0.2, -0.15) is 5.10 Å². The average molecular weight is 232 g/mol. The molecule has 2 N–H and O–H groups in total. The Bertz CT molecular complexity index is 473. The van der Waals surface area contributed by atoms with Gasteiger partial charge in [-0.15, -0.1) is 0 Å². The van der Waals surface area contributed by atoms with Crippen molar-refractivity contribution in [1.82, 2.24) is 9.78 Å². The van der Waals surface area contributed by atoms with E-state index in [2.05, 4.69) is 5.10 Å². The number of hydrogen-bond donors (Lipinski definition) is 2. The van der Waals surface area contributed by atoms with E-state index in [1.165, 1.54) is 0 Å². The molecule has 0 saturated carbocycles. The van der Waals surface area contributed by atoms with Crippen molar-refractivity contribution in [2.24, 2.45) is 7.05 Å². The average Bonchev–Trinajstić information content (AvgIpc) is 2.73. The van der Waals surface area contributed by atoms with Crippen molar-refractivity contribution in [1.29, 1.82) is 0 Å². The second-order valence-corrected chi connectivity index (χ2v) is 3.70. The summed E-state index contributed by atoms with van der Waals surface area (Å²) in [7, 11) is -0.0265. The van der Waals surface area contributed by atoms with E-state index in [9.17, 15) is 0 Å². The van der Waals surface area contributed by atoms with Crippen LogP contribution in [0.2, 0.25) is 0 Å². The molecule has 2 rings (SSSR count). The number of aromatic nitrogens is 2. The number of benzene rings is 1. The lowest BCUT2D eigenvalue weighted by Gasteiger charge is -2.16. The van der Waals surface area contributed by atoms with Crippen molar-refractivity contribution in [3.05, 3.63) is 53.9 Å². The molecule has 6 heteroatoms. The third kappa shape index (κ3) is 2.94. The van der Waals surface area contributed by atoms with Gasteiger partial charge in [0.25, 0.3) is 0 Å². The van der Waals surface area contributed by atoms with Crippen molar-refractivity contribution >= 4 is 7.32 Å². The molecule has 1 unspecified atom stereocenters. The fraction of sp³-hybridized carbons (Fsp3) is 0.182. The summed E-state index contributed by atoms with van der Waals surface area (Å²) >= 11 is 0. The van der Waals surface area contributed by atoms with Gasteiger partial charge in [-0.1, -0.05) is 30.3 Å². The summed E-state index contributed by atoms with van der Waals surface area (Å²) in [4.78, 5) is 0. The number of aryl methyl sites for hydroxylation is 1. The standard InChI is InChI=1S/C11H13BN2O3/c1-14-8-10(7-13-14)11(17-12(15)16)9-5-3-2-4-6-9/h2-8,11,15-16H,1H3. The molecule has 0 amide bonds. The lowest BCUT2D eigenvalue weighted by atomic mass is 10.0. The van der Waals surface area contributed by atoms with Crippen LogP contribution in [0.1, 0.15) is 17.2 Å². The maximum absolute atomic E-state index is 8.96. The molecule has 1 aromatic heterocycles. The van der Waals surface area contributed by atoms with Gasteiger partial charge in [-0.3, -0.25) is 4.68 Å². The van der Waals surface area contributed by atoms with Crippen LogP contribution in [-0.2, 0) is 11.7 Å². The van der Waals surface area contributed by atoms with Crippen molar-refractivity contribution in [3.63, 3.8) is 0 Å². The van der Waals surface area contributed by atoms with Crippen LogP contribution in [-0.4, -0.2) is 27.1 Å². The molecule has 0 aliphatic heterocycles. The molecule has 0 fully saturated rings. The third-order valence-corrected chi connectivity index (χ3v) is 2.39. The Morgan fingerprint density at radius 3 is 2.47 bits per heavy atom. The summed E-state index contributed by atoms with van der Waals surface area (Å²) in [5.41, 5.74) is 1.61. The summed E-state index contributed by atoms with van der Waals surface area (Å²) in [5, 5.41) is 22.0. The van der Waals surface area contributed by atoms with E-state index in [1.54, 1.807) is 24.1 Å². The zero-order valence-corrected chi connectivity index (χ0v) is 9.39. The molecule has 1 aromatic carbocycles. The molecular formula is C11H13BN2O3. The SMILES string of the molecule is Cn1cc(C(OB(O)O)c2ccccc2)cn1. The quantitative estimate of drug-likeness (QED) is 0.753. The molecule has 0 spiro atoms. The van der Waals surface area contributed by atoms with E-state index in [0.717, 1.165) is 11.1 Å². The van der Waals surface area contributed by atoms with Crippen molar-refractivity contribution in [2.45, 2.75) is 6.10 Å². The summed E-state index contributed by atoms with van der Waals surface area (Å²) < 4.78 is 6.73. The largest absolute Gasteiger partial charge is 0.634 e. The molecule has 1 atom stereocenters. The predicted octanol–water partition coefficient (Wildman–Crippen LogP) is 0.496. The summed E-state index contributed by atoms with van der Waals surface area (Å²) in [6.07, 6.45) is 2.88. The first-order valence-electron chi connectivity index (χ1n) is 5.22. The van der Waals surface area contributed by atoms with E-state index in [4.69, 9.17) is 14.7 Å². The molecule has 1 heterocycles. The Hall–Kier alpha value is -1.63. The first-order valence-corrected chi connectivity index (χ1v) is 5.22. The molecule has 17 heavy (non-hydrogen) atoms. The minimum Gasteiger partial charge on any atom is -0.402 e. The van der Waals surface area contributed by atoms with E-state index >= 15 is 0 Å². The van der Waals surface area contributed by atoms with E-state index in [-0.39, 0.29) is 0 Å². The highest BCUT2D eigenvalue weighted by molar-refractivity contribution is 6.32. The lowest BCUT2D eigenvalue weighted by Crippen LogP contribution is -2.21. The monoisotopic (exact) mass is 232 g/mol. The Labute approximate surface area is 99.5 Å². The van der Waals surface area contributed by atoms with Crippen molar-refractivity contribution in [3.8, 4) is 0 Å². The van der Waals surface area contributed by atoms with Crippen LogP contribution in [0, 0.1) is 0 Å². The Balaban J connectivity index is 2.32. The van der Waals surface area contributed by atoms with Gasteiger partial charge in [0, 0.05) is 18.8 Å². The summed E-state index contributed by atoms with van der Waals surface area (Å²) in [6.45, 7) is 0. The molecule has 0 bridgehead atoms. The second-order valence-electron chi connectivity index (χ2n) is 3.70. The normalized spacial score (nSPS) is 12.4. The maximum atomic E-state index is 8.96. The number of rotatable bonds is 4. The Kier molecular flexibility index (Phi) is 3.58. The number of nitrogens with zero attached hydrogens (tertiary/aromatic N) is 2. The molecule has 0 aliphatic carbocycles. The van der Waals surface area contributed by atoms with Gasteiger partial charge < -0.3 is 14.7 Å². The fourth-order valence-electron chi connectivity index (χ4n) is 1.67. The van der Waals surface area contributed by atoms with Gasteiger partial charge in [0.15, 0.2) is 0 Å². The van der Waals surface area contributed by atoms with Crippen LogP contribution in [0.4, 0.5) is 0 Å². The first kappa shape index (κ1) is 11.8. The highest BCUT2D eigenvalue weighted by Gasteiger charge is 2.22. The Morgan fingerprint density at radius 1 is 1.24 bits per heavy atom. The van der Waals surface area contributed by atoms with Crippen LogP contribution in [0.5, 0.6) is 0 Å². The van der Waals surface area contributed by atoms with Crippen LogP contribution in [0.3, 0.4) is 0 Å². The van der Waals surface area contributed by atoms with Gasteiger partial charge in [0.2, 0.25) is 0 Å². The molecular weight excluding hydrogens is 219 g/mol. The second kappa shape index (κ2) is 5.14. The van der Waals surface area contributed by atoms with Crippen LogP contribution >= 0.6 is 0 Å². The zero-order chi connectivity index (χ0) is 12.3. The van der Waals surface area contributed by atoms with Gasteiger partial charge >= 0.3 is 7.32 Å². The van der Waals surface area contributed by atoms with Gasteiger partial charge in [0.05, 0.1) is 12.3 Å². The number of hydrogen-bond acceptors (Lipinski definition) is 4. The molecule has 88 valence electrons.